The number of fused-ring (bicyclic) bond motifs is 1. The summed E-state index contributed by atoms with van der Waals surface area (Å²) in [6, 6.07) is 3.51. The topological polar surface area (TPSA) is 111 Å². The third-order valence-corrected chi connectivity index (χ3v) is 5.60. The molecule has 0 aromatic carbocycles. The number of carbonyl (C=O) groups excluding carboxylic acids is 3. The van der Waals surface area contributed by atoms with Crippen LogP contribution >= 0.6 is 0 Å². The van der Waals surface area contributed by atoms with E-state index in [1.54, 1.807) is 18.3 Å². The van der Waals surface area contributed by atoms with Crippen molar-refractivity contribution in [2.75, 3.05) is 32.2 Å². The van der Waals surface area contributed by atoms with Gasteiger partial charge in [-0.05, 0) is 37.8 Å². The maximum Gasteiger partial charge on any atom is 0.376 e. The standard InChI is InChI=1S/C20H23N3O6/c1-27-20(26)18-17(16-14(29-18)3-2-8-21-16)22-19(25)12-4-6-13(7-5-12)23-9-10-28-11-15(23)24/h2-3,8,12-13H,4-7,9-11H2,1H3,(H,22,25)/t12-,13-. The van der Waals surface area contributed by atoms with Crippen LogP contribution in [-0.2, 0) is 19.1 Å². The molecule has 1 saturated heterocycles. The Balaban J connectivity index is 1.45. The van der Waals surface area contributed by atoms with Crippen molar-refractivity contribution in [1.82, 2.24) is 9.88 Å². The first-order valence-corrected chi connectivity index (χ1v) is 9.72. The smallest absolute Gasteiger partial charge is 0.376 e. The van der Waals surface area contributed by atoms with E-state index in [4.69, 9.17) is 13.9 Å². The van der Waals surface area contributed by atoms with Crippen molar-refractivity contribution in [3.8, 4) is 0 Å². The van der Waals surface area contributed by atoms with Gasteiger partial charge in [-0.15, -0.1) is 0 Å². The lowest BCUT2D eigenvalue weighted by Gasteiger charge is -2.38. The van der Waals surface area contributed by atoms with Gasteiger partial charge in [-0.1, -0.05) is 0 Å². The molecule has 1 aliphatic carbocycles. The average Bonchev–Trinajstić information content (AvgIpc) is 3.12. The van der Waals surface area contributed by atoms with Gasteiger partial charge in [0, 0.05) is 24.7 Å². The maximum absolute atomic E-state index is 12.9. The van der Waals surface area contributed by atoms with Crippen LogP contribution in [0.2, 0.25) is 0 Å². The van der Waals surface area contributed by atoms with Crippen LogP contribution < -0.4 is 5.32 Å². The Morgan fingerprint density at radius 1 is 1.28 bits per heavy atom. The van der Waals surface area contributed by atoms with E-state index >= 15 is 0 Å². The summed E-state index contributed by atoms with van der Waals surface area (Å²) in [5.74, 6) is -1.12. The number of nitrogens with zero attached hydrogens (tertiary/aromatic N) is 2. The van der Waals surface area contributed by atoms with Crippen LogP contribution in [0.5, 0.6) is 0 Å². The Bertz CT molecular complexity index is 931. The van der Waals surface area contributed by atoms with Crippen LogP contribution in [0.3, 0.4) is 0 Å². The Morgan fingerprint density at radius 2 is 2.07 bits per heavy atom. The number of nitrogens with one attached hydrogen (secondary N) is 1. The van der Waals surface area contributed by atoms with Crippen molar-refractivity contribution in [1.29, 1.82) is 0 Å². The third-order valence-electron chi connectivity index (χ3n) is 5.60. The number of hydrogen-bond donors (Lipinski definition) is 1. The second-order valence-electron chi connectivity index (χ2n) is 7.28. The highest BCUT2D eigenvalue weighted by molar-refractivity contribution is 6.08. The molecule has 1 saturated carbocycles. The molecular formula is C20H23N3O6. The van der Waals surface area contributed by atoms with E-state index in [1.807, 2.05) is 4.90 Å². The normalized spacial score (nSPS) is 22.5. The van der Waals surface area contributed by atoms with Gasteiger partial charge in [0.25, 0.3) is 0 Å². The number of morpholine rings is 1. The molecule has 0 atom stereocenters. The Kier molecular flexibility index (Phi) is 5.48. The lowest BCUT2D eigenvalue weighted by Crippen LogP contribution is -2.49. The number of hydrogen-bond acceptors (Lipinski definition) is 7. The number of ether oxygens (including phenoxy) is 2. The van der Waals surface area contributed by atoms with Gasteiger partial charge in [-0.2, -0.15) is 0 Å². The highest BCUT2D eigenvalue weighted by atomic mass is 16.5. The molecule has 2 aromatic rings. The largest absolute Gasteiger partial charge is 0.463 e. The minimum absolute atomic E-state index is 0.0165. The van der Waals surface area contributed by atoms with E-state index in [1.165, 1.54) is 7.11 Å². The average molecular weight is 401 g/mol. The fourth-order valence-electron chi connectivity index (χ4n) is 4.07. The number of rotatable bonds is 4. The fraction of sp³-hybridized carbons (Fsp3) is 0.500. The molecule has 0 unspecified atom stereocenters. The summed E-state index contributed by atoms with van der Waals surface area (Å²) in [5, 5.41) is 2.83. The van der Waals surface area contributed by atoms with Crippen molar-refractivity contribution < 1.29 is 28.3 Å². The Labute approximate surface area is 167 Å². The Hall–Kier alpha value is -2.94. The monoisotopic (exact) mass is 401 g/mol. The molecule has 1 aliphatic heterocycles. The highest BCUT2D eigenvalue weighted by Gasteiger charge is 2.34. The molecule has 29 heavy (non-hydrogen) atoms. The molecule has 0 spiro atoms. The first-order valence-electron chi connectivity index (χ1n) is 9.72. The van der Waals surface area contributed by atoms with Gasteiger partial charge < -0.3 is 24.1 Å². The molecule has 3 heterocycles. The molecular weight excluding hydrogens is 378 g/mol. The van der Waals surface area contributed by atoms with E-state index in [0.717, 1.165) is 12.8 Å². The van der Waals surface area contributed by atoms with Crippen LogP contribution in [0.25, 0.3) is 11.1 Å². The number of furan rings is 1. The number of carbonyl (C=O) groups is 3. The van der Waals surface area contributed by atoms with Crippen molar-refractivity contribution in [3.63, 3.8) is 0 Å². The lowest BCUT2D eigenvalue weighted by molar-refractivity contribution is -0.146. The van der Waals surface area contributed by atoms with Gasteiger partial charge in [0.15, 0.2) is 5.58 Å². The highest BCUT2D eigenvalue weighted by Crippen LogP contribution is 2.33. The SMILES string of the molecule is COC(=O)c1oc2cccnc2c1NC(=O)[C@H]1CC[C@H](N2CCOCC2=O)CC1. The number of amides is 2. The molecule has 2 aliphatic rings. The number of esters is 1. The second-order valence-corrected chi connectivity index (χ2v) is 7.28. The molecule has 2 amide bonds. The second kappa shape index (κ2) is 8.20. The fourth-order valence-corrected chi connectivity index (χ4v) is 4.07. The van der Waals surface area contributed by atoms with Crippen molar-refractivity contribution in [2.45, 2.75) is 31.7 Å². The zero-order chi connectivity index (χ0) is 20.4. The number of anilines is 1. The lowest BCUT2D eigenvalue weighted by atomic mass is 9.84. The predicted octanol–water partition coefficient (Wildman–Crippen LogP) is 1.97. The van der Waals surface area contributed by atoms with Gasteiger partial charge in [0.05, 0.1) is 13.7 Å². The van der Waals surface area contributed by atoms with E-state index < -0.39 is 5.97 Å². The summed E-state index contributed by atoms with van der Waals surface area (Å²) >= 11 is 0. The van der Waals surface area contributed by atoms with Crippen molar-refractivity contribution in [3.05, 3.63) is 24.1 Å². The van der Waals surface area contributed by atoms with Gasteiger partial charge >= 0.3 is 5.97 Å². The molecule has 0 radical (unpaired) electrons. The molecule has 9 nitrogen and oxygen atoms in total. The van der Waals surface area contributed by atoms with E-state index in [-0.39, 0.29) is 41.8 Å². The molecule has 4 rings (SSSR count). The minimum Gasteiger partial charge on any atom is -0.463 e. The number of pyridine rings is 1. The van der Waals surface area contributed by atoms with Crippen LogP contribution in [0.1, 0.15) is 36.2 Å². The van der Waals surface area contributed by atoms with Crippen molar-refractivity contribution in [2.24, 2.45) is 5.92 Å². The zero-order valence-electron chi connectivity index (χ0n) is 16.2. The molecule has 154 valence electrons. The summed E-state index contributed by atoms with van der Waals surface area (Å²) in [6.45, 7) is 1.30. The van der Waals surface area contributed by atoms with E-state index in [2.05, 4.69) is 10.3 Å². The molecule has 2 aromatic heterocycles. The maximum atomic E-state index is 12.9. The van der Waals surface area contributed by atoms with Crippen LogP contribution in [0.4, 0.5) is 5.69 Å². The minimum atomic E-state index is -0.673. The number of aromatic nitrogens is 1. The van der Waals surface area contributed by atoms with E-state index in [0.29, 0.717) is 37.1 Å². The van der Waals surface area contributed by atoms with Crippen LogP contribution in [-0.4, -0.2) is 60.6 Å². The van der Waals surface area contributed by atoms with Gasteiger partial charge in [0.2, 0.25) is 17.6 Å². The van der Waals surface area contributed by atoms with Gasteiger partial charge in [-0.25, -0.2) is 4.79 Å². The van der Waals surface area contributed by atoms with Gasteiger partial charge in [0.1, 0.15) is 17.8 Å². The summed E-state index contributed by atoms with van der Waals surface area (Å²) in [4.78, 5) is 43.1. The summed E-state index contributed by atoms with van der Waals surface area (Å²) in [6.07, 6.45) is 4.42. The first-order chi connectivity index (χ1) is 14.1. The quantitative estimate of drug-likeness (QED) is 0.780. The van der Waals surface area contributed by atoms with Crippen LogP contribution in [0, 0.1) is 5.92 Å². The first kappa shape index (κ1) is 19.4. The summed E-state index contributed by atoms with van der Waals surface area (Å²) in [7, 11) is 1.25. The van der Waals surface area contributed by atoms with Crippen LogP contribution in [0.15, 0.2) is 22.7 Å². The molecule has 2 fully saturated rings. The third kappa shape index (κ3) is 3.82. The van der Waals surface area contributed by atoms with E-state index in [9.17, 15) is 14.4 Å². The summed E-state index contributed by atoms with van der Waals surface area (Å²) in [5.41, 5.74) is 1.05. The van der Waals surface area contributed by atoms with Gasteiger partial charge in [-0.3, -0.25) is 14.6 Å². The molecule has 0 bridgehead atoms. The predicted molar refractivity (Wildman–Crippen MR) is 102 cm³/mol. The Morgan fingerprint density at radius 3 is 2.79 bits per heavy atom. The number of methoxy groups -OCH3 is 1. The van der Waals surface area contributed by atoms with Crippen molar-refractivity contribution >= 4 is 34.6 Å². The molecule has 1 N–H and O–H groups in total. The summed E-state index contributed by atoms with van der Waals surface area (Å²) < 4.78 is 15.5. The zero-order valence-corrected chi connectivity index (χ0v) is 16.2. The molecule has 9 heteroatoms.